The summed E-state index contributed by atoms with van der Waals surface area (Å²) in [5.74, 6) is -0.146. The number of rotatable bonds is 18. The lowest BCUT2D eigenvalue weighted by molar-refractivity contribution is -0.154. The standard InChI is InChI=1S/C16H34O2Si.C12H26O2Si.C11H24O2Si/c1-10-16(8,9)15(17)18-11-19(12(2)3,13(4)5)14(6)7;1-7-12(2,3)11(13)14-9-8-10-15(4,5)6;1-7-11(2,3)10(12)13-8-9-14(4,5)6/h12-14H,10-11H2,1-9H3;7-10H2,1-6H3;7-9H2,1-6H3. The third-order valence-corrected chi connectivity index (χ3v) is 21.0. The Morgan fingerprint density at radius 2 is 0.792 bits per heavy atom. The van der Waals surface area contributed by atoms with Gasteiger partial charge in [0.1, 0.15) is 8.07 Å². The third kappa shape index (κ3) is 20.7. The second-order valence-corrected chi connectivity index (χ2v) is 36.3. The second-order valence-electron chi connectivity index (χ2n) is 19.1. The van der Waals surface area contributed by atoms with Crippen molar-refractivity contribution in [2.45, 2.75) is 198 Å². The molecule has 0 aliphatic rings. The van der Waals surface area contributed by atoms with Crippen LogP contribution in [0.1, 0.15) is 130 Å². The molecule has 0 saturated carbocycles. The van der Waals surface area contributed by atoms with Gasteiger partial charge in [-0.25, -0.2) is 0 Å². The van der Waals surface area contributed by atoms with Crippen LogP contribution >= 0.6 is 0 Å². The fourth-order valence-corrected chi connectivity index (χ4v) is 12.2. The molecule has 0 aromatic carbocycles. The maximum atomic E-state index is 12.2. The van der Waals surface area contributed by atoms with Gasteiger partial charge in [-0.1, -0.05) is 108 Å². The van der Waals surface area contributed by atoms with Gasteiger partial charge in [-0.05, 0) is 89.9 Å². The van der Waals surface area contributed by atoms with Crippen molar-refractivity contribution in [2.24, 2.45) is 16.2 Å². The highest BCUT2D eigenvalue weighted by Crippen LogP contribution is 2.42. The predicted octanol–water partition coefficient (Wildman–Crippen LogP) is 12.2. The molecule has 0 aliphatic heterocycles. The first-order chi connectivity index (χ1) is 21.4. The Balaban J connectivity index is -0.000000642. The molecule has 0 unspecified atom stereocenters. The van der Waals surface area contributed by atoms with Crippen molar-refractivity contribution in [3.63, 3.8) is 0 Å². The van der Waals surface area contributed by atoms with E-state index >= 15 is 0 Å². The van der Waals surface area contributed by atoms with Gasteiger partial charge in [-0.3, -0.25) is 14.4 Å². The van der Waals surface area contributed by atoms with Crippen LogP contribution in [-0.4, -0.2) is 61.6 Å². The normalized spacial score (nSPS) is 13.0. The van der Waals surface area contributed by atoms with E-state index in [9.17, 15) is 14.4 Å². The van der Waals surface area contributed by atoms with Crippen LogP contribution in [0, 0.1) is 16.2 Å². The molecule has 0 saturated heterocycles. The summed E-state index contributed by atoms with van der Waals surface area (Å²) >= 11 is 0. The lowest BCUT2D eigenvalue weighted by Gasteiger charge is -2.42. The highest BCUT2D eigenvalue weighted by molar-refractivity contribution is 6.83. The molecule has 0 fully saturated rings. The van der Waals surface area contributed by atoms with Crippen molar-refractivity contribution in [3.8, 4) is 0 Å². The molecule has 48 heavy (non-hydrogen) atoms. The Kier molecular flexibility index (Phi) is 23.7. The molecule has 6 nitrogen and oxygen atoms in total. The Morgan fingerprint density at radius 1 is 0.500 bits per heavy atom. The van der Waals surface area contributed by atoms with Gasteiger partial charge in [0.05, 0.1) is 35.7 Å². The molecule has 0 atom stereocenters. The van der Waals surface area contributed by atoms with Crippen LogP contribution in [0.25, 0.3) is 0 Å². The van der Waals surface area contributed by atoms with E-state index in [2.05, 4.69) is 80.8 Å². The topological polar surface area (TPSA) is 78.9 Å². The van der Waals surface area contributed by atoms with Crippen LogP contribution in [0.15, 0.2) is 0 Å². The lowest BCUT2D eigenvalue weighted by atomic mass is 9.91. The largest absolute Gasteiger partial charge is 0.469 e. The highest BCUT2D eigenvalue weighted by atomic mass is 28.3. The Bertz CT molecular complexity index is 903. The number of hydrogen-bond donors (Lipinski definition) is 0. The first-order valence-corrected chi connectivity index (χ1v) is 28.8. The number of carbonyl (C=O) groups is 3. The molecule has 0 aliphatic carbocycles. The van der Waals surface area contributed by atoms with Crippen LogP contribution in [0.3, 0.4) is 0 Å². The van der Waals surface area contributed by atoms with E-state index in [0.29, 0.717) is 36.1 Å². The molecule has 0 spiro atoms. The summed E-state index contributed by atoms with van der Waals surface area (Å²) in [5.41, 5.74) is 0.893. The molecule has 0 amide bonds. The zero-order valence-corrected chi connectivity index (χ0v) is 39.0. The molecule has 0 radical (unpaired) electrons. The van der Waals surface area contributed by atoms with Crippen LogP contribution in [0.5, 0.6) is 0 Å². The van der Waals surface area contributed by atoms with Crippen molar-refractivity contribution in [2.75, 3.05) is 19.4 Å². The fraction of sp³-hybridized carbons (Fsp3) is 0.923. The average Bonchev–Trinajstić information content (AvgIpc) is 2.94. The molecule has 288 valence electrons. The van der Waals surface area contributed by atoms with E-state index in [1.165, 1.54) is 6.04 Å². The number of esters is 3. The van der Waals surface area contributed by atoms with Gasteiger partial charge in [0.2, 0.25) is 0 Å². The first kappa shape index (κ1) is 51.4. The van der Waals surface area contributed by atoms with Crippen molar-refractivity contribution >= 4 is 42.1 Å². The SMILES string of the molecule is CCC(C)(C)C(=O)OCCC[Si](C)(C)C.CCC(C)(C)C(=O)OCC[Si](C)(C)C.CCC(C)(C)C(=O)OC[Si](C(C)C)(C(C)C)C(C)C. The quantitative estimate of drug-likeness (QED) is 0.0604. The minimum absolute atomic E-state index is 0.0335. The number of ether oxygens (including phenoxy) is 3. The zero-order valence-electron chi connectivity index (χ0n) is 36.0. The Morgan fingerprint density at radius 3 is 1.06 bits per heavy atom. The minimum Gasteiger partial charge on any atom is -0.469 e. The fourth-order valence-electron chi connectivity index (χ4n) is 4.93. The summed E-state index contributed by atoms with van der Waals surface area (Å²) in [6, 6.07) is 2.28. The molecule has 0 aromatic rings. The van der Waals surface area contributed by atoms with Gasteiger partial charge in [0.25, 0.3) is 0 Å². The highest BCUT2D eigenvalue weighted by Gasteiger charge is 2.45. The summed E-state index contributed by atoms with van der Waals surface area (Å²) in [6.07, 6.45) is 4.17. The van der Waals surface area contributed by atoms with E-state index < -0.39 is 24.2 Å². The summed E-state index contributed by atoms with van der Waals surface area (Å²) in [6.45, 7) is 46.6. The van der Waals surface area contributed by atoms with Gasteiger partial charge in [-0.2, -0.15) is 0 Å². The summed E-state index contributed by atoms with van der Waals surface area (Å²) < 4.78 is 16.3. The van der Waals surface area contributed by atoms with Crippen molar-refractivity contribution in [1.29, 1.82) is 0 Å². The molecule has 0 N–H and O–H groups in total. The summed E-state index contributed by atoms with van der Waals surface area (Å²) in [4.78, 5) is 35.4. The Labute approximate surface area is 303 Å². The van der Waals surface area contributed by atoms with Crippen molar-refractivity contribution in [3.05, 3.63) is 0 Å². The monoisotopic (exact) mass is 733 g/mol. The molecular formula is C39H84O6Si3. The first-order valence-electron chi connectivity index (χ1n) is 18.9. The van der Waals surface area contributed by atoms with Gasteiger partial charge >= 0.3 is 17.9 Å². The van der Waals surface area contributed by atoms with Crippen molar-refractivity contribution < 1.29 is 28.6 Å². The molecule has 0 bridgehead atoms. The van der Waals surface area contributed by atoms with Gasteiger partial charge in [0.15, 0.2) is 0 Å². The van der Waals surface area contributed by atoms with Gasteiger partial charge < -0.3 is 14.2 Å². The average molecular weight is 733 g/mol. The second kappa shape index (κ2) is 22.1. The van der Waals surface area contributed by atoms with Crippen LogP contribution in [0.4, 0.5) is 0 Å². The molecule has 0 heterocycles. The summed E-state index contributed by atoms with van der Waals surface area (Å²) in [5, 5.41) is 0. The molecule has 0 rings (SSSR count). The molecule has 0 aromatic heterocycles. The van der Waals surface area contributed by atoms with Crippen molar-refractivity contribution in [1.82, 2.24) is 0 Å². The Hall–Kier alpha value is -0.939. The van der Waals surface area contributed by atoms with E-state index in [1.807, 2.05) is 62.3 Å². The zero-order chi connectivity index (χ0) is 38.9. The van der Waals surface area contributed by atoms with Crippen LogP contribution in [-0.2, 0) is 28.6 Å². The van der Waals surface area contributed by atoms with E-state index in [-0.39, 0.29) is 34.2 Å². The third-order valence-electron chi connectivity index (χ3n) is 10.4. The van der Waals surface area contributed by atoms with E-state index in [0.717, 1.165) is 31.7 Å². The summed E-state index contributed by atoms with van der Waals surface area (Å²) in [7, 11) is -3.67. The van der Waals surface area contributed by atoms with Crippen LogP contribution in [0.2, 0.25) is 68.0 Å². The number of hydrogen-bond acceptors (Lipinski definition) is 6. The molecule has 9 heteroatoms. The maximum absolute atomic E-state index is 12.2. The van der Waals surface area contributed by atoms with E-state index in [1.54, 1.807) is 0 Å². The predicted molar refractivity (Wildman–Crippen MR) is 217 cm³/mol. The lowest BCUT2D eigenvalue weighted by Crippen LogP contribution is -2.50. The van der Waals surface area contributed by atoms with Gasteiger partial charge in [0, 0.05) is 16.1 Å². The molecular weight excluding hydrogens is 649 g/mol. The number of carbonyl (C=O) groups excluding carboxylic acids is 3. The maximum Gasteiger partial charge on any atom is 0.311 e. The van der Waals surface area contributed by atoms with Gasteiger partial charge in [-0.15, -0.1) is 0 Å². The van der Waals surface area contributed by atoms with Crippen LogP contribution < -0.4 is 0 Å². The smallest absolute Gasteiger partial charge is 0.311 e. The minimum atomic E-state index is -1.62. The van der Waals surface area contributed by atoms with E-state index in [4.69, 9.17) is 14.2 Å².